The van der Waals surface area contributed by atoms with Crippen molar-refractivity contribution in [3.63, 3.8) is 0 Å². The van der Waals surface area contributed by atoms with Gasteiger partial charge in [-0.3, -0.25) is 9.52 Å². The van der Waals surface area contributed by atoms with Gasteiger partial charge in [-0.15, -0.1) is 0 Å². The van der Waals surface area contributed by atoms with Crippen LogP contribution in [-0.4, -0.2) is 14.3 Å². The number of benzene rings is 3. The van der Waals surface area contributed by atoms with Gasteiger partial charge in [-0.2, -0.15) is 0 Å². The van der Waals surface area contributed by atoms with E-state index in [1.165, 1.54) is 18.2 Å². The lowest BCUT2D eigenvalue weighted by molar-refractivity contribution is 0.102. The molecule has 3 aromatic rings. The van der Waals surface area contributed by atoms with E-state index in [1.807, 2.05) is 0 Å². The van der Waals surface area contributed by atoms with Crippen molar-refractivity contribution in [3.8, 4) is 0 Å². The minimum Gasteiger partial charge on any atom is -0.319 e. The predicted molar refractivity (Wildman–Crippen MR) is 103 cm³/mol. The third kappa shape index (κ3) is 4.69. The fourth-order valence-corrected chi connectivity index (χ4v) is 3.65. The molecule has 3 aromatic carbocycles. The van der Waals surface area contributed by atoms with Crippen molar-refractivity contribution in [3.05, 3.63) is 88.7 Å². The van der Waals surface area contributed by atoms with E-state index in [2.05, 4.69) is 5.32 Å². The Morgan fingerprint density at radius 3 is 2.14 bits per heavy atom. The monoisotopic (exact) mass is 440 g/mol. The molecule has 0 aliphatic carbocycles. The molecule has 2 N–H and O–H groups in total. The van der Waals surface area contributed by atoms with Gasteiger partial charge in [-0.25, -0.2) is 21.6 Å². The molecule has 150 valence electrons. The summed E-state index contributed by atoms with van der Waals surface area (Å²) in [7, 11) is -4.48. The molecule has 0 aliphatic heterocycles. The lowest BCUT2D eigenvalue weighted by Crippen LogP contribution is -2.16. The second-order valence-electron chi connectivity index (χ2n) is 5.81. The third-order valence-electron chi connectivity index (χ3n) is 3.79. The van der Waals surface area contributed by atoms with Crippen LogP contribution in [0.4, 0.5) is 24.5 Å². The van der Waals surface area contributed by atoms with Crippen LogP contribution in [-0.2, 0) is 10.0 Å². The van der Waals surface area contributed by atoms with Crippen molar-refractivity contribution in [2.24, 2.45) is 0 Å². The van der Waals surface area contributed by atoms with Crippen LogP contribution in [0.1, 0.15) is 10.4 Å². The maximum atomic E-state index is 14.4. The number of hydrogen-bond donors (Lipinski definition) is 2. The van der Waals surface area contributed by atoms with E-state index in [9.17, 15) is 26.4 Å². The van der Waals surface area contributed by atoms with Gasteiger partial charge in [0.15, 0.2) is 0 Å². The predicted octanol–water partition coefficient (Wildman–Crippen LogP) is 4.81. The molecule has 0 aromatic heterocycles. The Kier molecular flexibility index (Phi) is 5.81. The van der Waals surface area contributed by atoms with Crippen LogP contribution in [0.5, 0.6) is 0 Å². The molecule has 5 nitrogen and oxygen atoms in total. The highest BCUT2D eigenvalue weighted by Gasteiger charge is 2.21. The lowest BCUT2D eigenvalue weighted by atomic mass is 10.2. The molecule has 29 heavy (non-hydrogen) atoms. The highest BCUT2D eigenvalue weighted by atomic mass is 35.5. The van der Waals surface area contributed by atoms with Gasteiger partial charge in [-0.1, -0.05) is 23.7 Å². The van der Waals surface area contributed by atoms with E-state index in [0.717, 1.165) is 30.3 Å². The van der Waals surface area contributed by atoms with Crippen molar-refractivity contribution >= 4 is 38.9 Å². The summed E-state index contributed by atoms with van der Waals surface area (Å²) >= 11 is 5.80. The number of anilines is 2. The number of carbonyl (C=O) groups excluding carboxylic acids is 1. The zero-order valence-corrected chi connectivity index (χ0v) is 16.0. The van der Waals surface area contributed by atoms with E-state index in [1.54, 1.807) is 10.8 Å². The topological polar surface area (TPSA) is 75.3 Å². The molecule has 0 fully saturated rings. The first-order valence-electron chi connectivity index (χ1n) is 8.01. The first-order chi connectivity index (χ1) is 13.7. The second-order valence-corrected chi connectivity index (χ2v) is 7.93. The van der Waals surface area contributed by atoms with Crippen molar-refractivity contribution in [2.45, 2.75) is 4.90 Å². The highest BCUT2D eigenvalue weighted by molar-refractivity contribution is 7.92. The molecule has 0 heterocycles. The first kappa shape index (κ1) is 20.7. The Morgan fingerprint density at radius 1 is 0.862 bits per heavy atom. The van der Waals surface area contributed by atoms with Gasteiger partial charge in [0.25, 0.3) is 15.9 Å². The van der Waals surface area contributed by atoms with Crippen LogP contribution in [0, 0.1) is 17.5 Å². The molecule has 0 radical (unpaired) electrons. The van der Waals surface area contributed by atoms with Crippen LogP contribution in [0.3, 0.4) is 0 Å². The summed E-state index contributed by atoms with van der Waals surface area (Å²) in [5, 5.41) is 2.60. The first-order valence-corrected chi connectivity index (χ1v) is 9.87. The number of rotatable bonds is 5. The Labute approximate surface area is 169 Å². The minimum absolute atomic E-state index is 0.172. The van der Waals surface area contributed by atoms with Crippen LogP contribution < -0.4 is 10.0 Å². The zero-order chi connectivity index (χ0) is 21.2. The van der Waals surface area contributed by atoms with Crippen LogP contribution in [0.25, 0.3) is 0 Å². The highest BCUT2D eigenvalue weighted by Crippen LogP contribution is 2.25. The van der Waals surface area contributed by atoms with Gasteiger partial charge in [0.1, 0.15) is 23.1 Å². The number of hydrogen-bond acceptors (Lipinski definition) is 3. The Balaban J connectivity index is 1.84. The van der Waals surface area contributed by atoms with Gasteiger partial charge in [0.05, 0.1) is 10.6 Å². The standard InChI is InChI=1S/C19H12ClF3N2O3S/c20-12-4-1-3-11(9-12)19(26)24-17-8-7-13(10-16(17)23)29(27,28)25-18-14(21)5-2-6-15(18)22/h1-10,25H,(H,24,26). The summed E-state index contributed by atoms with van der Waals surface area (Å²) in [6.07, 6.45) is 0. The molecule has 0 spiro atoms. The quantitative estimate of drug-likeness (QED) is 0.597. The van der Waals surface area contributed by atoms with Gasteiger partial charge < -0.3 is 5.32 Å². The molecule has 0 unspecified atom stereocenters. The molecular weight excluding hydrogens is 429 g/mol. The normalized spacial score (nSPS) is 11.2. The summed E-state index contributed by atoms with van der Waals surface area (Å²) in [4.78, 5) is 11.6. The van der Waals surface area contributed by atoms with Gasteiger partial charge in [0.2, 0.25) is 0 Å². The summed E-state index contributed by atoms with van der Waals surface area (Å²) in [6.45, 7) is 0. The number of amides is 1. The smallest absolute Gasteiger partial charge is 0.262 e. The fourth-order valence-electron chi connectivity index (χ4n) is 2.38. The molecule has 3 rings (SSSR count). The number of carbonyl (C=O) groups is 1. The second kappa shape index (κ2) is 8.14. The third-order valence-corrected chi connectivity index (χ3v) is 5.37. The van der Waals surface area contributed by atoms with Crippen molar-refractivity contribution < 1.29 is 26.4 Å². The van der Waals surface area contributed by atoms with Crippen LogP contribution >= 0.6 is 11.6 Å². The summed E-state index contributed by atoms with van der Waals surface area (Å²) in [6, 6.07) is 11.4. The van der Waals surface area contributed by atoms with E-state index >= 15 is 0 Å². The number of para-hydroxylation sites is 1. The molecule has 0 bridgehead atoms. The fraction of sp³-hybridized carbons (Fsp3) is 0. The molecule has 10 heteroatoms. The molecule has 0 atom stereocenters. The minimum atomic E-state index is -4.48. The molecule has 0 saturated carbocycles. The largest absolute Gasteiger partial charge is 0.319 e. The van der Waals surface area contributed by atoms with E-state index < -0.39 is 44.0 Å². The number of nitrogens with one attached hydrogen (secondary N) is 2. The van der Waals surface area contributed by atoms with Crippen molar-refractivity contribution in [2.75, 3.05) is 10.0 Å². The number of halogens is 4. The zero-order valence-electron chi connectivity index (χ0n) is 14.4. The van der Waals surface area contributed by atoms with Crippen molar-refractivity contribution in [1.29, 1.82) is 0 Å². The van der Waals surface area contributed by atoms with Gasteiger partial charge >= 0.3 is 0 Å². The summed E-state index contributed by atoms with van der Waals surface area (Å²) in [5.74, 6) is -3.97. The lowest BCUT2D eigenvalue weighted by Gasteiger charge is -2.11. The van der Waals surface area contributed by atoms with Gasteiger partial charge in [0, 0.05) is 10.6 Å². The SMILES string of the molecule is O=C(Nc1ccc(S(=O)(=O)Nc2c(F)cccc2F)cc1F)c1cccc(Cl)c1. The summed E-state index contributed by atoms with van der Waals surface area (Å²) < 4.78 is 68.1. The van der Waals surface area contributed by atoms with Crippen LogP contribution in [0.15, 0.2) is 65.6 Å². The molecule has 0 aliphatic rings. The maximum absolute atomic E-state index is 14.4. The Hall–Kier alpha value is -3.04. The average molecular weight is 441 g/mol. The maximum Gasteiger partial charge on any atom is 0.262 e. The molecule has 0 saturated heterocycles. The molecule has 1 amide bonds. The van der Waals surface area contributed by atoms with E-state index in [4.69, 9.17) is 11.6 Å². The molecular formula is C19H12ClF3N2O3S. The average Bonchev–Trinajstić information content (AvgIpc) is 2.66. The summed E-state index contributed by atoms with van der Waals surface area (Å²) in [5.41, 5.74) is -0.998. The number of sulfonamides is 1. The van der Waals surface area contributed by atoms with Crippen LogP contribution in [0.2, 0.25) is 5.02 Å². The van der Waals surface area contributed by atoms with E-state index in [0.29, 0.717) is 11.1 Å². The van der Waals surface area contributed by atoms with Gasteiger partial charge in [-0.05, 0) is 48.5 Å². The Morgan fingerprint density at radius 2 is 1.52 bits per heavy atom. The Bertz CT molecular complexity index is 1180. The van der Waals surface area contributed by atoms with E-state index in [-0.39, 0.29) is 11.3 Å². The van der Waals surface area contributed by atoms with Crippen molar-refractivity contribution in [1.82, 2.24) is 0 Å².